The van der Waals surface area contributed by atoms with E-state index in [-0.39, 0.29) is 6.42 Å². The third kappa shape index (κ3) is 5.96. The van der Waals surface area contributed by atoms with E-state index in [1.54, 1.807) is 20.8 Å². The zero-order valence-corrected chi connectivity index (χ0v) is 10.1. The molecular formula is C9H18O4S. The van der Waals surface area contributed by atoms with E-state index >= 15 is 0 Å². The fraction of sp³-hybridized carbons (Fsp3) is 0.889. The van der Waals surface area contributed by atoms with Crippen molar-refractivity contribution in [2.24, 2.45) is 0 Å². The third-order valence-electron chi connectivity index (χ3n) is 1.61. The monoisotopic (exact) mass is 222 g/mol. The first-order valence-corrected chi connectivity index (χ1v) is 6.38. The number of hydrogen-bond donors (Lipinski definition) is 0. The molecule has 0 radical (unpaired) electrons. The number of rotatable bonds is 3. The van der Waals surface area contributed by atoms with Gasteiger partial charge in [0, 0.05) is 6.26 Å². The van der Waals surface area contributed by atoms with Crippen LogP contribution in [0.2, 0.25) is 0 Å². The van der Waals surface area contributed by atoms with Crippen LogP contribution in [-0.4, -0.2) is 31.5 Å². The Morgan fingerprint density at radius 1 is 1.36 bits per heavy atom. The smallest absolute Gasteiger partial charge is 0.307 e. The molecule has 0 bridgehead atoms. The molecule has 14 heavy (non-hydrogen) atoms. The van der Waals surface area contributed by atoms with Gasteiger partial charge in [-0.25, -0.2) is 8.42 Å². The minimum Gasteiger partial charge on any atom is -0.460 e. The largest absolute Gasteiger partial charge is 0.460 e. The lowest BCUT2D eigenvalue weighted by Gasteiger charge is -2.20. The molecule has 0 fully saturated rings. The molecule has 0 aromatic rings. The Balaban J connectivity index is 4.23. The molecule has 84 valence electrons. The molecule has 0 aliphatic rings. The van der Waals surface area contributed by atoms with Crippen LogP contribution in [0.5, 0.6) is 0 Å². The summed E-state index contributed by atoms with van der Waals surface area (Å²) in [5.41, 5.74) is -0.561. The molecule has 0 heterocycles. The van der Waals surface area contributed by atoms with E-state index in [1.807, 2.05) is 0 Å². The van der Waals surface area contributed by atoms with Crippen LogP contribution in [0.3, 0.4) is 0 Å². The van der Waals surface area contributed by atoms with Crippen LogP contribution >= 0.6 is 0 Å². The fourth-order valence-electron chi connectivity index (χ4n) is 0.769. The Morgan fingerprint density at radius 3 is 2.07 bits per heavy atom. The molecule has 1 unspecified atom stereocenters. The van der Waals surface area contributed by atoms with Gasteiger partial charge in [-0.2, -0.15) is 0 Å². The number of hydrogen-bond acceptors (Lipinski definition) is 4. The van der Waals surface area contributed by atoms with Gasteiger partial charge < -0.3 is 4.74 Å². The number of carbonyl (C=O) groups is 1. The molecule has 0 rings (SSSR count). The van der Waals surface area contributed by atoms with E-state index in [4.69, 9.17) is 4.74 Å². The highest BCUT2D eigenvalue weighted by Crippen LogP contribution is 2.11. The van der Waals surface area contributed by atoms with E-state index < -0.39 is 26.7 Å². The zero-order chi connectivity index (χ0) is 11.6. The summed E-state index contributed by atoms with van der Waals surface area (Å²) in [6.07, 6.45) is 1.03. The van der Waals surface area contributed by atoms with Crippen molar-refractivity contribution in [2.45, 2.75) is 45.0 Å². The second-order valence-corrected chi connectivity index (χ2v) is 6.89. The quantitative estimate of drug-likeness (QED) is 0.672. The maximum atomic E-state index is 11.2. The maximum absolute atomic E-state index is 11.2. The third-order valence-corrected chi connectivity index (χ3v) is 3.23. The van der Waals surface area contributed by atoms with Gasteiger partial charge in [0.15, 0.2) is 9.84 Å². The van der Waals surface area contributed by atoms with Crippen LogP contribution in [0, 0.1) is 0 Å². The van der Waals surface area contributed by atoms with Gasteiger partial charge in [0.25, 0.3) is 0 Å². The summed E-state index contributed by atoms with van der Waals surface area (Å²) in [6, 6.07) is 0. The normalized spacial score (nSPS) is 14.9. The van der Waals surface area contributed by atoms with Crippen LogP contribution in [0.4, 0.5) is 0 Å². The van der Waals surface area contributed by atoms with Crippen molar-refractivity contribution >= 4 is 15.8 Å². The fourth-order valence-corrected chi connectivity index (χ4v) is 1.21. The van der Waals surface area contributed by atoms with Crippen LogP contribution in [-0.2, 0) is 19.4 Å². The summed E-state index contributed by atoms with van der Waals surface area (Å²) < 4.78 is 27.0. The zero-order valence-electron chi connectivity index (χ0n) is 9.33. The lowest BCUT2D eigenvalue weighted by Crippen LogP contribution is -2.28. The highest BCUT2D eigenvalue weighted by Gasteiger charge is 2.23. The molecular weight excluding hydrogens is 204 g/mol. The van der Waals surface area contributed by atoms with Gasteiger partial charge in [0.1, 0.15) is 5.60 Å². The number of sulfone groups is 1. The molecule has 0 spiro atoms. The Labute approximate surface area is 85.6 Å². The predicted molar refractivity (Wildman–Crippen MR) is 54.8 cm³/mol. The Hall–Kier alpha value is -0.580. The van der Waals surface area contributed by atoms with Crippen molar-refractivity contribution in [1.29, 1.82) is 0 Å². The number of esters is 1. The van der Waals surface area contributed by atoms with E-state index in [2.05, 4.69) is 0 Å². The number of carbonyl (C=O) groups excluding carboxylic acids is 1. The van der Waals surface area contributed by atoms with Gasteiger partial charge in [0.05, 0.1) is 11.7 Å². The summed E-state index contributed by atoms with van der Waals surface area (Å²) in [5, 5.41) is -0.683. The lowest BCUT2D eigenvalue weighted by molar-refractivity contribution is -0.154. The van der Waals surface area contributed by atoms with E-state index in [0.29, 0.717) is 0 Å². The molecule has 0 aliphatic carbocycles. The van der Waals surface area contributed by atoms with Gasteiger partial charge in [-0.15, -0.1) is 0 Å². The standard InChI is InChI=1S/C9H18O4S/c1-7(14(5,11)12)6-8(10)13-9(2,3)4/h7H,6H2,1-5H3. The van der Waals surface area contributed by atoms with Crippen LogP contribution < -0.4 is 0 Å². The first-order valence-electron chi connectivity index (χ1n) is 4.43. The molecule has 0 saturated heterocycles. The minimum atomic E-state index is -3.15. The first kappa shape index (κ1) is 13.4. The van der Waals surface area contributed by atoms with Gasteiger partial charge in [-0.3, -0.25) is 4.79 Å². The lowest BCUT2D eigenvalue weighted by atomic mass is 10.2. The van der Waals surface area contributed by atoms with E-state index in [9.17, 15) is 13.2 Å². The summed E-state index contributed by atoms with van der Waals surface area (Å²) in [5.74, 6) is -0.476. The summed E-state index contributed by atoms with van der Waals surface area (Å²) >= 11 is 0. The highest BCUT2D eigenvalue weighted by molar-refractivity contribution is 7.91. The average Bonchev–Trinajstić information content (AvgIpc) is 1.79. The maximum Gasteiger partial charge on any atom is 0.307 e. The second-order valence-electron chi connectivity index (χ2n) is 4.43. The first-order chi connectivity index (χ1) is 6.02. The highest BCUT2D eigenvalue weighted by atomic mass is 32.2. The van der Waals surface area contributed by atoms with Crippen molar-refractivity contribution in [3.05, 3.63) is 0 Å². The number of ether oxygens (including phenoxy) is 1. The molecule has 0 aromatic carbocycles. The average molecular weight is 222 g/mol. The molecule has 1 atom stereocenters. The van der Waals surface area contributed by atoms with Crippen LogP contribution in [0.15, 0.2) is 0 Å². The van der Waals surface area contributed by atoms with Crippen molar-refractivity contribution in [1.82, 2.24) is 0 Å². The van der Waals surface area contributed by atoms with E-state index in [1.165, 1.54) is 6.92 Å². The molecule has 0 aromatic heterocycles. The molecule has 0 saturated carbocycles. The topological polar surface area (TPSA) is 60.4 Å². The van der Waals surface area contributed by atoms with Gasteiger partial charge in [-0.1, -0.05) is 0 Å². The minimum absolute atomic E-state index is 0.0872. The molecule has 5 heteroatoms. The van der Waals surface area contributed by atoms with Crippen molar-refractivity contribution in [2.75, 3.05) is 6.26 Å². The molecule has 0 amide bonds. The van der Waals surface area contributed by atoms with Crippen LogP contribution in [0.1, 0.15) is 34.1 Å². The van der Waals surface area contributed by atoms with Gasteiger partial charge in [-0.05, 0) is 27.7 Å². The van der Waals surface area contributed by atoms with Crippen LogP contribution in [0.25, 0.3) is 0 Å². The Morgan fingerprint density at radius 2 is 1.79 bits per heavy atom. The summed E-state index contributed by atoms with van der Waals surface area (Å²) in [6.45, 7) is 6.74. The Bertz CT molecular complexity index is 297. The predicted octanol–water partition coefficient (Wildman–Crippen LogP) is 1.15. The van der Waals surface area contributed by atoms with Gasteiger partial charge in [0.2, 0.25) is 0 Å². The molecule has 0 aliphatic heterocycles. The summed E-state index contributed by atoms with van der Waals surface area (Å²) in [4.78, 5) is 11.2. The van der Waals surface area contributed by atoms with Crippen molar-refractivity contribution in [3.8, 4) is 0 Å². The Kier molecular flexibility index (Phi) is 4.12. The second kappa shape index (κ2) is 4.29. The van der Waals surface area contributed by atoms with Gasteiger partial charge >= 0.3 is 5.97 Å². The molecule has 4 nitrogen and oxygen atoms in total. The molecule has 0 N–H and O–H groups in total. The van der Waals surface area contributed by atoms with Crippen molar-refractivity contribution in [3.63, 3.8) is 0 Å². The van der Waals surface area contributed by atoms with E-state index in [0.717, 1.165) is 6.26 Å². The summed E-state index contributed by atoms with van der Waals surface area (Å²) in [7, 11) is -3.15. The SMILES string of the molecule is CC(CC(=O)OC(C)(C)C)S(C)(=O)=O. The van der Waals surface area contributed by atoms with Crippen molar-refractivity contribution < 1.29 is 17.9 Å².